The van der Waals surface area contributed by atoms with E-state index in [-0.39, 0.29) is 5.97 Å². The molecule has 0 aromatic carbocycles. The normalized spacial score (nSPS) is 10.1. The number of hydrogen-bond acceptors (Lipinski definition) is 6. The summed E-state index contributed by atoms with van der Waals surface area (Å²) in [5.41, 5.74) is 0. The highest BCUT2D eigenvalue weighted by Crippen LogP contribution is 2.14. The average molecular weight is 266 g/mol. The van der Waals surface area contributed by atoms with Crippen LogP contribution in [0.1, 0.15) is 25.6 Å². The predicted molar refractivity (Wildman–Crippen MR) is 75.5 cm³/mol. The molecule has 0 radical (unpaired) electrons. The van der Waals surface area contributed by atoms with Gasteiger partial charge in [0.2, 0.25) is 0 Å². The zero-order valence-corrected chi connectivity index (χ0v) is 12.1. The second-order valence-corrected chi connectivity index (χ2v) is 4.33. The second kappa shape index (κ2) is 7.56. The molecule has 1 rings (SSSR count). The van der Waals surface area contributed by atoms with Gasteiger partial charge >= 0.3 is 5.97 Å². The number of aromatic nitrogens is 2. The highest BCUT2D eigenvalue weighted by Gasteiger charge is 2.06. The largest absolute Gasteiger partial charge is 0.469 e. The van der Waals surface area contributed by atoms with Crippen molar-refractivity contribution in [1.82, 2.24) is 9.97 Å². The SMILES string of the molecule is CCCN(C)c1cc(NCCC(=O)OC)nc(C)n1. The summed E-state index contributed by atoms with van der Waals surface area (Å²) in [5.74, 6) is 2.09. The van der Waals surface area contributed by atoms with Gasteiger partial charge in [-0.25, -0.2) is 9.97 Å². The summed E-state index contributed by atoms with van der Waals surface area (Å²) in [4.78, 5) is 21.8. The van der Waals surface area contributed by atoms with Crippen molar-refractivity contribution < 1.29 is 9.53 Å². The van der Waals surface area contributed by atoms with Crippen molar-refractivity contribution in [2.75, 3.05) is 37.5 Å². The van der Waals surface area contributed by atoms with Gasteiger partial charge in [-0.15, -0.1) is 0 Å². The zero-order valence-electron chi connectivity index (χ0n) is 12.1. The number of hydrogen-bond donors (Lipinski definition) is 1. The van der Waals surface area contributed by atoms with Gasteiger partial charge in [0.25, 0.3) is 0 Å². The summed E-state index contributed by atoms with van der Waals surface area (Å²) in [6.07, 6.45) is 1.38. The Bertz CT molecular complexity index is 423. The molecule has 0 atom stereocenters. The van der Waals surface area contributed by atoms with Crippen LogP contribution in [0.4, 0.5) is 11.6 Å². The van der Waals surface area contributed by atoms with Crippen molar-refractivity contribution in [2.24, 2.45) is 0 Å². The van der Waals surface area contributed by atoms with Crippen LogP contribution in [0, 0.1) is 6.92 Å². The van der Waals surface area contributed by atoms with Gasteiger partial charge in [0, 0.05) is 26.2 Å². The van der Waals surface area contributed by atoms with Crippen LogP contribution in [0.5, 0.6) is 0 Å². The van der Waals surface area contributed by atoms with E-state index in [1.807, 2.05) is 20.0 Å². The number of ether oxygens (including phenoxy) is 1. The van der Waals surface area contributed by atoms with Crippen molar-refractivity contribution in [3.8, 4) is 0 Å². The summed E-state index contributed by atoms with van der Waals surface area (Å²) in [7, 11) is 3.39. The van der Waals surface area contributed by atoms with E-state index in [0.717, 1.165) is 24.6 Å². The van der Waals surface area contributed by atoms with Crippen molar-refractivity contribution in [2.45, 2.75) is 26.7 Å². The highest BCUT2D eigenvalue weighted by molar-refractivity contribution is 5.69. The Hall–Kier alpha value is -1.85. The van der Waals surface area contributed by atoms with E-state index < -0.39 is 0 Å². The molecule has 0 unspecified atom stereocenters. The van der Waals surface area contributed by atoms with Crippen LogP contribution in [0.25, 0.3) is 0 Å². The standard InChI is InChI=1S/C13H22N4O2/c1-5-8-17(3)12-9-11(15-10(2)16-12)14-7-6-13(18)19-4/h9H,5-8H2,1-4H3,(H,14,15,16). The third-order valence-electron chi connectivity index (χ3n) is 2.64. The number of methoxy groups -OCH3 is 1. The topological polar surface area (TPSA) is 67.4 Å². The maximum absolute atomic E-state index is 11.0. The summed E-state index contributed by atoms with van der Waals surface area (Å²) in [6.45, 7) is 5.42. The number of anilines is 2. The predicted octanol–water partition coefficient (Wildman–Crippen LogP) is 1.61. The van der Waals surface area contributed by atoms with Crippen molar-refractivity contribution in [1.29, 1.82) is 0 Å². The fraction of sp³-hybridized carbons (Fsp3) is 0.615. The second-order valence-electron chi connectivity index (χ2n) is 4.33. The first kappa shape index (κ1) is 15.2. The molecule has 0 aliphatic carbocycles. The molecule has 106 valence electrons. The van der Waals surface area contributed by atoms with Crippen molar-refractivity contribution in [3.63, 3.8) is 0 Å². The zero-order chi connectivity index (χ0) is 14.3. The van der Waals surface area contributed by atoms with Crippen LogP contribution < -0.4 is 10.2 Å². The molecule has 1 heterocycles. The molecule has 0 spiro atoms. The van der Waals surface area contributed by atoms with Crippen LogP contribution in [-0.4, -0.2) is 43.2 Å². The molecular weight excluding hydrogens is 244 g/mol. The molecule has 0 saturated carbocycles. The molecule has 0 aliphatic heterocycles. The lowest BCUT2D eigenvalue weighted by Crippen LogP contribution is -2.20. The van der Waals surface area contributed by atoms with E-state index >= 15 is 0 Å². The Balaban J connectivity index is 2.65. The van der Waals surface area contributed by atoms with E-state index in [1.54, 1.807) is 0 Å². The number of nitrogens with zero attached hydrogens (tertiary/aromatic N) is 3. The minimum Gasteiger partial charge on any atom is -0.469 e. The molecular formula is C13H22N4O2. The monoisotopic (exact) mass is 266 g/mol. The molecule has 1 aromatic heterocycles. The first-order valence-corrected chi connectivity index (χ1v) is 6.44. The molecule has 6 nitrogen and oxygen atoms in total. The minimum absolute atomic E-state index is 0.235. The average Bonchev–Trinajstić information content (AvgIpc) is 2.38. The van der Waals surface area contributed by atoms with Crippen molar-refractivity contribution >= 4 is 17.6 Å². The first-order valence-electron chi connectivity index (χ1n) is 6.44. The van der Waals surface area contributed by atoms with Gasteiger partial charge in [-0.2, -0.15) is 0 Å². The third kappa shape index (κ3) is 5.11. The van der Waals surface area contributed by atoms with E-state index in [1.165, 1.54) is 7.11 Å². The Morgan fingerprint density at radius 1 is 1.47 bits per heavy atom. The summed E-state index contributed by atoms with van der Waals surface area (Å²) >= 11 is 0. The van der Waals surface area contributed by atoms with E-state index in [0.29, 0.717) is 18.8 Å². The van der Waals surface area contributed by atoms with Gasteiger partial charge < -0.3 is 15.0 Å². The van der Waals surface area contributed by atoms with Gasteiger partial charge in [0.1, 0.15) is 17.5 Å². The minimum atomic E-state index is -0.235. The third-order valence-corrected chi connectivity index (χ3v) is 2.64. The van der Waals surface area contributed by atoms with E-state index in [9.17, 15) is 4.79 Å². The molecule has 1 N–H and O–H groups in total. The highest BCUT2D eigenvalue weighted by atomic mass is 16.5. The number of nitrogens with one attached hydrogen (secondary N) is 1. The number of esters is 1. The number of aryl methyl sites for hydroxylation is 1. The van der Waals surface area contributed by atoms with Crippen LogP contribution >= 0.6 is 0 Å². The fourth-order valence-electron chi connectivity index (χ4n) is 1.68. The Morgan fingerprint density at radius 2 is 2.21 bits per heavy atom. The van der Waals surface area contributed by atoms with E-state index in [4.69, 9.17) is 0 Å². The van der Waals surface area contributed by atoms with Gasteiger partial charge in [-0.3, -0.25) is 4.79 Å². The Labute approximate surface area is 114 Å². The number of rotatable bonds is 7. The Kier molecular flexibility index (Phi) is 6.05. The van der Waals surface area contributed by atoms with Crippen LogP contribution in [0.15, 0.2) is 6.07 Å². The van der Waals surface area contributed by atoms with Crippen molar-refractivity contribution in [3.05, 3.63) is 11.9 Å². The van der Waals surface area contributed by atoms with Crippen LogP contribution in [-0.2, 0) is 9.53 Å². The molecule has 0 fully saturated rings. The van der Waals surface area contributed by atoms with Gasteiger partial charge in [0.05, 0.1) is 13.5 Å². The number of carbonyl (C=O) groups excluding carboxylic acids is 1. The summed E-state index contributed by atoms with van der Waals surface area (Å²) < 4.78 is 4.59. The summed E-state index contributed by atoms with van der Waals surface area (Å²) in [6, 6.07) is 1.89. The molecule has 0 saturated heterocycles. The molecule has 0 bridgehead atoms. The molecule has 0 aliphatic rings. The van der Waals surface area contributed by atoms with Gasteiger partial charge in [-0.1, -0.05) is 6.92 Å². The Morgan fingerprint density at radius 3 is 2.84 bits per heavy atom. The molecule has 6 heteroatoms. The lowest BCUT2D eigenvalue weighted by Gasteiger charge is -2.18. The van der Waals surface area contributed by atoms with Gasteiger partial charge in [-0.05, 0) is 13.3 Å². The fourth-order valence-corrected chi connectivity index (χ4v) is 1.68. The lowest BCUT2D eigenvalue weighted by atomic mass is 10.4. The van der Waals surface area contributed by atoms with Gasteiger partial charge in [0.15, 0.2) is 0 Å². The molecule has 19 heavy (non-hydrogen) atoms. The first-order chi connectivity index (χ1) is 9.06. The maximum Gasteiger partial charge on any atom is 0.307 e. The summed E-state index contributed by atoms with van der Waals surface area (Å²) in [5, 5.41) is 3.11. The molecule has 1 aromatic rings. The lowest BCUT2D eigenvalue weighted by molar-refractivity contribution is -0.140. The maximum atomic E-state index is 11.0. The quantitative estimate of drug-likeness (QED) is 0.756. The smallest absolute Gasteiger partial charge is 0.307 e. The van der Waals surface area contributed by atoms with Crippen LogP contribution in [0.3, 0.4) is 0 Å². The molecule has 0 amide bonds. The van der Waals surface area contributed by atoms with Crippen LogP contribution in [0.2, 0.25) is 0 Å². The number of carbonyl (C=O) groups is 1. The van der Waals surface area contributed by atoms with E-state index in [2.05, 4.69) is 31.8 Å².